The van der Waals surface area contributed by atoms with Gasteiger partial charge in [-0.2, -0.15) is 0 Å². The highest BCUT2D eigenvalue weighted by Gasteiger charge is 2.22. The van der Waals surface area contributed by atoms with Gasteiger partial charge in [-0.05, 0) is 23.8 Å². The number of methoxy groups -OCH3 is 1. The van der Waals surface area contributed by atoms with Crippen LogP contribution in [0.25, 0.3) is 6.08 Å². The standard InChI is InChI=1S/C12H10N2O4/c1-18-11(16)8-4-2-7(3-5-8)6-9-10(15)14-12(17)13-9/h2-6H,1H3,(H2,13,14,15,17). The second-order valence-electron chi connectivity index (χ2n) is 3.58. The van der Waals surface area contributed by atoms with E-state index in [4.69, 9.17) is 0 Å². The van der Waals surface area contributed by atoms with E-state index in [9.17, 15) is 14.4 Å². The van der Waals surface area contributed by atoms with Crippen LogP contribution in [0.2, 0.25) is 0 Å². The molecular weight excluding hydrogens is 236 g/mol. The summed E-state index contributed by atoms with van der Waals surface area (Å²) in [4.78, 5) is 33.4. The summed E-state index contributed by atoms with van der Waals surface area (Å²) < 4.78 is 4.57. The molecule has 0 bridgehead atoms. The van der Waals surface area contributed by atoms with E-state index in [1.54, 1.807) is 24.3 Å². The number of rotatable bonds is 2. The Bertz CT molecular complexity index is 546. The van der Waals surface area contributed by atoms with Gasteiger partial charge < -0.3 is 10.1 Å². The molecule has 1 aliphatic heterocycles. The number of carbonyl (C=O) groups excluding carboxylic acids is 3. The molecule has 2 N–H and O–H groups in total. The fourth-order valence-electron chi connectivity index (χ4n) is 1.48. The first-order valence-electron chi connectivity index (χ1n) is 5.12. The number of nitrogens with one attached hydrogen (secondary N) is 2. The monoisotopic (exact) mass is 246 g/mol. The Kier molecular flexibility index (Phi) is 3.09. The predicted octanol–water partition coefficient (Wildman–Crippen LogP) is 0.653. The molecule has 6 nitrogen and oxygen atoms in total. The molecule has 3 amide bonds. The van der Waals surface area contributed by atoms with Crippen molar-refractivity contribution in [3.63, 3.8) is 0 Å². The van der Waals surface area contributed by atoms with Crippen LogP contribution in [0.4, 0.5) is 4.79 Å². The molecule has 92 valence electrons. The third kappa shape index (κ3) is 2.37. The van der Waals surface area contributed by atoms with Crippen molar-refractivity contribution >= 4 is 24.0 Å². The van der Waals surface area contributed by atoms with Gasteiger partial charge >= 0.3 is 12.0 Å². The topological polar surface area (TPSA) is 84.5 Å². The van der Waals surface area contributed by atoms with Crippen molar-refractivity contribution in [2.24, 2.45) is 0 Å². The Morgan fingerprint density at radius 3 is 2.33 bits per heavy atom. The maximum absolute atomic E-state index is 11.3. The first kappa shape index (κ1) is 11.8. The third-order valence-electron chi connectivity index (χ3n) is 2.36. The fraction of sp³-hybridized carbons (Fsp3) is 0.0833. The molecule has 6 heteroatoms. The number of ether oxygens (including phenoxy) is 1. The van der Waals surface area contributed by atoms with E-state index in [1.807, 2.05) is 0 Å². The highest BCUT2D eigenvalue weighted by atomic mass is 16.5. The summed E-state index contributed by atoms with van der Waals surface area (Å²) in [5, 5.41) is 4.47. The fourth-order valence-corrected chi connectivity index (χ4v) is 1.48. The summed E-state index contributed by atoms with van der Waals surface area (Å²) in [5.74, 6) is -0.904. The van der Waals surface area contributed by atoms with Crippen molar-refractivity contribution in [2.45, 2.75) is 0 Å². The Morgan fingerprint density at radius 2 is 1.83 bits per heavy atom. The highest BCUT2D eigenvalue weighted by molar-refractivity contribution is 6.14. The maximum atomic E-state index is 11.3. The zero-order chi connectivity index (χ0) is 13.1. The van der Waals surface area contributed by atoms with Crippen LogP contribution in [0.5, 0.6) is 0 Å². The number of hydrogen-bond acceptors (Lipinski definition) is 4. The maximum Gasteiger partial charge on any atom is 0.337 e. The molecule has 1 aromatic carbocycles. The van der Waals surface area contributed by atoms with E-state index in [-0.39, 0.29) is 5.70 Å². The van der Waals surface area contributed by atoms with Crippen LogP contribution in [0.3, 0.4) is 0 Å². The minimum atomic E-state index is -0.544. The molecule has 1 fully saturated rings. The zero-order valence-electron chi connectivity index (χ0n) is 9.52. The Hall–Kier alpha value is -2.63. The van der Waals surface area contributed by atoms with Crippen molar-refractivity contribution in [3.8, 4) is 0 Å². The van der Waals surface area contributed by atoms with Crippen LogP contribution in [0.15, 0.2) is 30.0 Å². The molecule has 0 radical (unpaired) electrons. The summed E-state index contributed by atoms with van der Waals surface area (Å²) in [6, 6.07) is 5.91. The summed E-state index contributed by atoms with van der Waals surface area (Å²) in [6.07, 6.45) is 1.52. The van der Waals surface area contributed by atoms with E-state index in [0.717, 1.165) is 0 Å². The molecule has 0 saturated carbocycles. The van der Waals surface area contributed by atoms with Gasteiger partial charge in [0.15, 0.2) is 0 Å². The molecule has 0 aliphatic carbocycles. The van der Waals surface area contributed by atoms with E-state index < -0.39 is 17.9 Å². The van der Waals surface area contributed by atoms with Gasteiger partial charge in [-0.15, -0.1) is 0 Å². The smallest absolute Gasteiger partial charge is 0.337 e. The second-order valence-corrected chi connectivity index (χ2v) is 3.58. The van der Waals surface area contributed by atoms with E-state index in [2.05, 4.69) is 15.4 Å². The van der Waals surface area contributed by atoms with Crippen LogP contribution >= 0.6 is 0 Å². The molecular formula is C12H10N2O4. The quantitative estimate of drug-likeness (QED) is 0.456. The van der Waals surface area contributed by atoms with Gasteiger partial charge in [-0.3, -0.25) is 10.1 Å². The third-order valence-corrected chi connectivity index (χ3v) is 2.36. The first-order chi connectivity index (χ1) is 8.60. The molecule has 1 aliphatic rings. The minimum absolute atomic E-state index is 0.172. The van der Waals surface area contributed by atoms with Crippen LogP contribution in [-0.2, 0) is 9.53 Å². The summed E-state index contributed by atoms with van der Waals surface area (Å²) >= 11 is 0. The van der Waals surface area contributed by atoms with E-state index in [0.29, 0.717) is 11.1 Å². The summed E-state index contributed by atoms with van der Waals surface area (Å²) in [7, 11) is 1.30. The SMILES string of the molecule is COC(=O)c1ccc(C=C2NC(=O)NC2=O)cc1. The number of urea groups is 1. The van der Waals surface area contributed by atoms with Crippen molar-refractivity contribution in [1.29, 1.82) is 0 Å². The van der Waals surface area contributed by atoms with Crippen molar-refractivity contribution < 1.29 is 19.1 Å². The lowest BCUT2D eigenvalue weighted by Crippen LogP contribution is -2.22. The Labute approximate surface area is 103 Å². The number of amides is 3. The van der Waals surface area contributed by atoms with Gasteiger partial charge in [0, 0.05) is 0 Å². The molecule has 0 aromatic heterocycles. The average molecular weight is 246 g/mol. The number of esters is 1. The lowest BCUT2D eigenvalue weighted by Gasteiger charge is -2.00. The van der Waals surface area contributed by atoms with E-state index in [1.165, 1.54) is 13.2 Å². The van der Waals surface area contributed by atoms with Crippen LogP contribution in [0.1, 0.15) is 15.9 Å². The molecule has 0 spiro atoms. The van der Waals surface area contributed by atoms with Crippen molar-refractivity contribution in [3.05, 3.63) is 41.1 Å². The number of hydrogen-bond donors (Lipinski definition) is 2. The van der Waals surface area contributed by atoms with Gasteiger partial charge in [0.25, 0.3) is 5.91 Å². The average Bonchev–Trinajstić information content (AvgIpc) is 2.68. The molecule has 0 atom stereocenters. The minimum Gasteiger partial charge on any atom is -0.465 e. The molecule has 1 aromatic rings. The molecule has 0 unspecified atom stereocenters. The number of imide groups is 1. The Balaban J connectivity index is 2.21. The van der Waals surface area contributed by atoms with Crippen LogP contribution in [-0.4, -0.2) is 25.0 Å². The Morgan fingerprint density at radius 1 is 1.17 bits per heavy atom. The van der Waals surface area contributed by atoms with Crippen LogP contribution < -0.4 is 10.6 Å². The summed E-state index contributed by atoms with van der Waals surface area (Å²) in [6.45, 7) is 0. The van der Waals surface area contributed by atoms with Crippen molar-refractivity contribution in [2.75, 3.05) is 7.11 Å². The van der Waals surface area contributed by atoms with Gasteiger partial charge in [-0.25, -0.2) is 9.59 Å². The number of carbonyl (C=O) groups is 3. The second kappa shape index (κ2) is 4.70. The largest absolute Gasteiger partial charge is 0.465 e. The predicted molar refractivity (Wildman–Crippen MR) is 62.4 cm³/mol. The molecule has 18 heavy (non-hydrogen) atoms. The van der Waals surface area contributed by atoms with Gasteiger partial charge in [0.05, 0.1) is 12.7 Å². The number of benzene rings is 1. The molecule has 1 saturated heterocycles. The first-order valence-corrected chi connectivity index (χ1v) is 5.12. The van der Waals surface area contributed by atoms with Crippen molar-refractivity contribution in [1.82, 2.24) is 10.6 Å². The van der Waals surface area contributed by atoms with Gasteiger partial charge in [-0.1, -0.05) is 12.1 Å². The highest BCUT2D eigenvalue weighted by Crippen LogP contribution is 2.10. The zero-order valence-corrected chi connectivity index (χ0v) is 9.52. The summed E-state index contributed by atoms with van der Waals surface area (Å²) in [5.41, 5.74) is 1.28. The van der Waals surface area contributed by atoms with E-state index >= 15 is 0 Å². The molecule has 2 rings (SSSR count). The lowest BCUT2D eigenvalue weighted by molar-refractivity contribution is -0.115. The van der Waals surface area contributed by atoms with Gasteiger partial charge in [0.2, 0.25) is 0 Å². The molecule has 1 heterocycles. The lowest BCUT2D eigenvalue weighted by atomic mass is 10.1. The normalized spacial score (nSPS) is 16.4. The van der Waals surface area contributed by atoms with Crippen LogP contribution in [0, 0.1) is 0 Å². The van der Waals surface area contributed by atoms with Gasteiger partial charge in [0.1, 0.15) is 5.70 Å².